The largest absolute Gasteiger partial charge is 0.444 e. The Morgan fingerprint density at radius 1 is 1.29 bits per heavy atom. The molecule has 5 heteroatoms. The fraction of sp³-hybridized carbons (Fsp3) is 0.579. The number of likely N-dealkylation sites (tertiary alicyclic amines) is 1. The van der Waals surface area contributed by atoms with Crippen LogP contribution in [0.1, 0.15) is 52.6 Å². The number of ether oxygens (including phenoxy) is 1. The van der Waals surface area contributed by atoms with Crippen molar-refractivity contribution in [2.75, 3.05) is 13.1 Å². The van der Waals surface area contributed by atoms with Gasteiger partial charge in [0.25, 0.3) is 0 Å². The van der Waals surface area contributed by atoms with Gasteiger partial charge in [0.15, 0.2) is 0 Å². The predicted molar refractivity (Wildman–Crippen MR) is 95.6 cm³/mol. The third kappa shape index (κ3) is 7.13. The van der Waals surface area contributed by atoms with Crippen molar-refractivity contribution in [3.8, 4) is 0 Å². The average molecular weight is 334 g/mol. The van der Waals surface area contributed by atoms with Crippen LogP contribution in [-0.2, 0) is 9.53 Å². The van der Waals surface area contributed by atoms with E-state index in [4.69, 9.17) is 10.5 Å². The molecule has 1 fully saturated rings. The second-order valence-corrected chi connectivity index (χ2v) is 7.24. The number of piperidine rings is 1. The van der Waals surface area contributed by atoms with Crippen molar-refractivity contribution in [1.82, 2.24) is 4.90 Å². The van der Waals surface area contributed by atoms with E-state index in [1.54, 1.807) is 4.90 Å². The summed E-state index contributed by atoms with van der Waals surface area (Å²) in [5.41, 5.74) is 6.34. The van der Waals surface area contributed by atoms with E-state index in [0.29, 0.717) is 19.5 Å². The number of nitrogens with two attached hydrogens (primary N) is 1. The van der Waals surface area contributed by atoms with Crippen LogP contribution in [0.3, 0.4) is 0 Å². The monoisotopic (exact) mass is 334 g/mol. The number of carbonyl (C=O) groups excluding carboxylic acids is 2. The summed E-state index contributed by atoms with van der Waals surface area (Å²) in [5.74, 6) is 0.168. The first-order valence-corrected chi connectivity index (χ1v) is 8.41. The minimum Gasteiger partial charge on any atom is -0.444 e. The van der Waals surface area contributed by atoms with E-state index in [-0.39, 0.29) is 23.8 Å². The smallest absolute Gasteiger partial charge is 0.410 e. The number of rotatable bonds is 1. The normalized spacial score (nSPS) is 19.2. The lowest BCUT2D eigenvalue weighted by Gasteiger charge is -2.32. The average Bonchev–Trinajstić information content (AvgIpc) is 2.50. The Kier molecular flexibility index (Phi) is 7.42. The van der Waals surface area contributed by atoms with E-state index < -0.39 is 5.60 Å². The summed E-state index contributed by atoms with van der Waals surface area (Å²) < 4.78 is 5.24. The Morgan fingerprint density at radius 2 is 1.88 bits per heavy atom. The number of hydrogen-bond acceptors (Lipinski definition) is 4. The van der Waals surface area contributed by atoms with Crippen molar-refractivity contribution in [3.05, 3.63) is 35.9 Å². The SMILES string of the molecule is CC1CN(C(=O)OC(C)(C)C)CCC1=O.C[C@@H](N)c1ccccc1. The molecular formula is C19H30N2O3. The minimum atomic E-state index is -0.470. The van der Waals surface area contributed by atoms with E-state index in [0.717, 1.165) is 0 Å². The predicted octanol–water partition coefficient (Wildman–Crippen LogP) is 3.54. The van der Waals surface area contributed by atoms with Gasteiger partial charge in [-0.25, -0.2) is 4.79 Å². The molecule has 0 radical (unpaired) electrons. The van der Waals surface area contributed by atoms with E-state index in [2.05, 4.69) is 0 Å². The molecule has 1 amide bonds. The molecule has 1 aliphatic rings. The maximum absolute atomic E-state index is 11.7. The number of ketones is 1. The molecular weight excluding hydrogens is 304 g/mol. The van der Waals surface area contributed by atoms with Gasteiger partial charge in [0.05, 0.1) is 0 Å². The number of nitrogens with zero attached hydrogens (tertiary/aromatic N) is 1. The van der Waals surface area contributed by atoms with Gasteiger partial charge in [-0.05, 0) is 33.3 Å². The molecule has 5 nitrogen and oxygen atoms in total. The molecule has 2 rings (SSSR count). The lowest BCUT2D eigenvalue weighted by molar-refractivity contribution is -0.125. The molecule has 0 spiro atoms. The van der Waals surface area contributed by atoms with E-state index in [1.165, 1.54) is 5.56 Å². The van der Waals surface area contributed by atoms with Crippen LogP contribution in [0.4, 0.5) is 4.79 Å². The molecule has 2 N–H and O–H groups in total. The molecule has 1 heterocycles. The zero-order valence-electron chi connectivity index (χ0n) is 15.4. The standard InChI is InChI=1S/C11H19NO3.C8H11N/c1-8-7-12(6-5-9(8)13)10(14)15-11(2,3)4;1-7(9)8-5-3-2-4-6-8/h8H,5-7H2,1-4H3;2-7H,9H2,1H3/t;7-/m.1/s1. The van der Waals surface area contributed by atoms with Crippen molar-refractivity contribution in [1.29, 1.82) is 0 Å². The van der Waals surface area contributed by atoms with Gasteiger partial charge in [-0.3, -0.25) is 4.79 Å². The van der Waals surface area contributed by atoms with Gasteiger partial charge in [0, 0.05) is 31.5 Å². The molecule has 0 aromatic heterocycles. The topological polar surface area (TPSA) is 72.6 Å². The molecule has 1 saturated heterocycles. The third-order valence-corrected chi connectivity index (χ3v) is 3.65. The Hall–Kier alpha value is -1.88. The first-order valence-electron chi connectivity index (χ1n) is 8.41. The fourth-order valence-corrected chi connectivity index (χ4v) is 2.26. The molecule has 0 aliphatic carbocycles. The zero-order valence-corrected chi connectivity index (χ0v) is 15.4. The lowest BCUT2D eigenvalue weighted by Crippen LogP contribution is -2.45. The quantitative estimate of drug-likeness (QED) is 0.852. The molecule has 24 heavy (non-hydrogen) atoms. The fourth-order valence-electron chi connectivity index (χ4n) is 2.26. The zero-order chi connectivity index (χ0) is 18.3. The first kappa shape index (κ1) is 20.2. The van der Waals surface area contributed by atoms with E-state index >= 15 is 0 Å². The van der Waals surface area contributed by atoms with Gasteiger partial charge in [-0.15, -0.1) is 0 Å². The molecule has 1 unspecified atom stereocenters. The van der Waals surface area contributed by atoms with Crippen LogP contribution in [0.5, 0.6) is 0 Å². The molecule has 1 aliphatic heterocycles. The Labute approximate surface area is 145 Å². The van der Waals surface area contributed by atoms with Crippen LogP contribution >= 0.6 is 0 Å². The number of hydrogen-bond donors (Lipinski definition) is 1. The highest BCUT2D eigenvalue weighted by atomic mass is 16.6. The van der Waals surface area contributed by atoms with Gasteiger partial charge in [-0.2, -0.15) is 0 Å². The summed E-state index contributed by atoms with van der Waals surface area (Å²) in [5, 5.41) is 0. The Balaban J connectivity index is 0.000000272. The molecule has 1 aromatic rings. The molecule has 0 bridgehead atoms. The minimum absolute atomic E-state index is 0.0636. The molecule has 0 saturated carbocycles. The van der Waals surface area contributed by atoms with Crippen LogP contribution in [0, 0.1) is 5.92 Å². The highest BCUT2D eigenvalue weighted by molar-refractivity contribution is 5.83. The highest BCUT2D eigenvalue weighted by Crippen LogP contribution is 2.16. The van der Waals surface area contributed by atoms with Gasteiger partial charge >= 0.3 is 6.09 Å². The highest BCUT2D eigenvalue weighted by Gasteiger charge is 2.29. The maximum Gasteiger partial charge on any atom is 0.410 e. The number of carbonyl (C=O) groups is 2. The maximum atomic E-state index is 11.7. The number of amides is 1. The van der Waals surface area contributed by atoms with Crippen molar-refractivity contribution in [2.24, 2.45) is 11.7 Å². The molecule has 134 valence electrons. The second kappa shape index (κ2) is 8.83. The van der Waals surface area contributed by atoms with Crippen molar-refractivity contribution >= 4 is 11.9 Å². The lowest BCUT2D eigenvalue weighted by atomic mass is 9.99. The van der Waals surface area contributed by atoms with Gasteiger partial charge in [-0.1, -0.05) is 37.3 Å². The van der Waals surface area contributed by atoms with Crippen LogP contribution in [-0.4, -0.2) is 35.5 Å². The third-order valence-electron chi connectivity index (χ3n) is 3.65. The van der Waals surface area contributed by atoms with E-state index in [1.807, 2.05) is 65.0 Å². The van der Waals surface area contributed by atoms with Gasteiger partial charge in [0.2, 0.25) is 0 Å². The second-order valence-electron chi connectivity index (χ2n) is 7.24. The summed E-state index contributed by atoms with van der Waals surface area (Å²) in [6, 6.07) is 10.2. The summed E-state index contributed by atoms with van der Waals surface area (Å²) in [6.45, 7) is 10.3. The van der Waals surface area contributed by atoms with Crippen molar-refractivity contribution in [3.63, 3.8) is 0 Å². The number of Topliss-reactive ketones (excluding diaryl/α,β-unsaturated/α-hetero) is 1. The van der Waals surface area contributed by atoms with Gasteiger partial charge in [0.1, 0.15) is 11.4 Å². The summed E-state index contributed by atoms with van der Waals surface area (Å²) in [6.07, 6.45) is 0.127. The molecule has 1 aromatic carbocycles. The summed E-state index contributed by atoms with van der Waals surface area (Å²) in [7, 11) is 0. The first-order chi connectivity index (χ1) is 11.1. The van der Waals surface area contributed by atoms with Crippen LogP contribution < -0.4 is 5.73 Å². The van der Waals surface area contributed by atoms with Crippen molar-refractivity contribution < 1.29 is 14.3 Å². The van der Waals surface area contributed by atoms with E-state index in [9.17, 15) is 9.59 Å². The summed E-state index contributed by atoms with van der Waals surface area (Å²) >= 11 is 0. The van der Waals surface area contributed by atoms with Crippen LogP contribution in [0.2, 0.25) is 0 Å². The summed E-state index contributed by atoms with van der Waals surface area (Å²) in [4.78, 5) is 24.5. The Morgan fingerprint density at radius 3 is 2.29 bits per heavy atom. The van der Waals surface area contributed by atoms with Gasteiger partial charge < -0.3 is 15.4 Å². The number of benzene rings is 1. The molecule has 2 atom stereocenters. The van der Waals surface area contributed by atoms with Crippen molar-refractivity contribution in [2.45, 2.75) is 52.7 Å². The van der Waals surface area contributed by atoms with Crippen LogP contribution in [0.25, 0.3) is 0 Å². The Bertz CT molecular complexity index is 535. The van der Waals surface area contributed by atoms with Crippen LogP contribution in [0.15, 0.2) is 30.3 Å².